The molecule has 4 nitrogen and oxygen atoms in total. The van der Waals surface area contributed by atoms with E-state index < -0.39 is 6.04 Å². The van der Waals surface area contributed by atoms with Crippen molar-refractivity contribution in [1.82, 2.24) is 10.2 Å². The number of halogens is 2. The number of benzene rings is 1. The third kappa shape index (κ3) is 5.99. The number of nitrogens with zero attached hydrogens (tertiary/aromatic N) is 1. The molecule has 0 spiro atoms. The van der Waals surface area contributed by atoms with Gasteiger partial charge in [-0.15, -0.1) is 0 Å². The number of hydrogen-bond acceptors (Lipinski definition) is 2. The highest BCUT2D eigenvalue weighted by atomic mass is 35.5. The second kappa shape index (κ2) is 10.6. The molecule has 1 aromatic carbocycles. The van der Waals surface area contributed by atoms with E-state index in [-0.39, 0.29) is 11.8 Å². The lowest BCUT2D eigenvalue weighted by atomic mass is 10.1. The second-order valence-electron chi connectivity index (χ2n) is 5.68. The van der Waals surface area contributed by atoms with Gasteiger partial charge < -0.3 is 10.2 Å². The largest absolute Gasteiger partial charge is 0.354 e. The molecule has 0 aliphatic rings. The van der Waals surface area contributed by atoms with E-state index in [1.54, 1.807) is 30.0 Å². The fraction of sp³-hybridized carbons (Fsp3) is 0.556. The highest BCUT2D eigenvalue weighted by Crippen LogP contribution is 2.24. The van der Waals surface area contributed by atoms with Crippen LogP contribution in [0.4, 0.5) is 0 Å². The molecule has 0 radical (unpaired) electrons. The zero-order chi connectivity index (χ0) is 18.1. The molecule has 1 N–H and O–H groups in total. The van der Waals surface area contributed by atoms with Gasteiger partial charge in [0.1, 0.15) is 6.04 Å². The smallest absolute Gasteiger partial charge is 0.242 e. The van der Waals surface area contributed by atoms with Crippen LogP contribution in [-0.4, -0.2) is 29.3 Å². The number of unbranched alkanes of at least 4 members (excludes halogenated alkanes) is 1. The average Bonchev–Trinajstić information content (AvgIpc) is 2.56. The molecule has 0 saturated heterocycles. The van der Waals surface area contributed by atoms with Gasteiger partial charge in [-0.05, 0) is 30.5 Å². The van der Waals surface area contributed by atoms with Crippen molar-refractivity contribution in [1.29, 1.82) is 0 Å². The quantitative estimate of drug-likeness (QED) is 0.651. The van der Waals surface area contributed by atoms with Crippen molar-refractivity contribution >= 4 is 35.0 Å². The maximum Gasteiger partial charge on any atom is 0.242 e. The third-order valence-corrected chi connectivity index (χ3v) is 4.46. The molecule has 1 atom stereocenters. The fourth-order valence-electron chi connectivity index (χ4n) is 2.46. The summed E-state index contributed by atoms with van der Waals surface area (Å²) in [7, 11) is 0. The first-order chi connectivity index (χ1) is 11.4. The minimum absolute atomic E-state index is 0.0708. The van der Waals surface area contributed by atoms with Gasteiger partial charge in [0.05, 0.1) is 0 Å². The van der Waals surface area contributed by atoms with Crippen molar-refractivity contribution in [2.45, 2.75) is 59.0 Å². The Balaban J connectivity index is 2.97. The van der Waals surface area contributed by atoms with Gasteiger partial charge in [-0.3, -0.25) is 9.59 Å². The highest BCUT2D eigenvalue weighted by molar-refractivity contribution is 6.35. The molecule has 0 heterocycles. The summed E-state index contributed by atoms with van der Waals surface area (Å²) in [6, 6.07) is 4.68. The summed E-state index contributed by atoms with van der Waals surface area (Å²) >= 11 is 12.2. The molecule has 0 aliphatic carbocycles. The average molecular weight is 373 g/mol. The van der Waals surface area contributed by atoms with Crippen LogP contribution < -0.4 is 5.32 Å². The summed E-state index contributed by atoms with van der Waals surface area (Å²) in [5.41, 5.74) is 0.780. The van der Waals surface area contributed by atoms with Crippen LogP contribution >= 0.6 is 23.2 Å². The number of hydrogen-bond donors (Lipinski definition) is 1. The summed E-state index contributed by atoms with van der Waals surface area (Å²) < 4.78 is 0. The molecular formula is C18H26Cl2N2O2. The Hall–Kier alpha value is -1.26. The summed E-state index contributed by atoms with van der Waals surface area (Å²) in [6.45, 7) is 6.69. The van der Waals surface area contributed by atoms with Gasteiger partial charge in [0, 0.05) is 29.6 Å². The third-order valence-electron chi connectivity index (χ3n) is 3.87. The van der Waals surface area contributed by atoms with E-state index in [1.807, 2.05) is 6.92 Å². The number of nitrogens with one attached hydrogen (secondary N) is 1. The minimum Gasteiger partial charge on any atom is -0.354 e. The lowest BCUT2D eigenvalue weighted by Crippen LogP contribution is -2.49. The van der Waals surface area contributed by atoms with E-state index >= 15 is 0 Å². The SMILES string of the molecule is CCCCNC(=O)C(CC)N(Cc1ccc(Cl)cc1Cl)C(=O)CC. The first-order valence-electron chi connectivity index (χ1n) is 8.45. The molecular weight excluding hydrogens is 347 g/mol. The van der Waals surface area contributed by atoms with Crippen LogP contribution in [0.15, 0.2) is 18.2 Å². The van der Waals surface area contributed by atoms with Gasteiger partial charge in [-0.1, -0.05) is 56.5 Å². The topological polar surface area (TPSA) is 49.4 Å². The molecule has 134 valence electrons. The summed E-state index contributed by atoms with van der Waals surface area (Å²) in [4.78, 5) is 26.5. The van der Waals surface area contributed by atoms with Gasteiger partial charge in [-0.2, -0.15) is 0 Å². The molecule has 1 rings (SSSR count). The number of rotatable bonds is 9. The molecule has 0 bridgehead atoms. The first-order valence-corrected chi connectivity index (χ1v) is 9.21. The predicted molar refractivity (Wildman–Crippen MR) is 99.3 cm³/mol. The molecule has 0 aliphatic heterocycles. The van der Waals surface area contributed by atoms with Crippen molar-refractivity contribution in [3.63, 3.8) is 0 Å². The zero-order valence-corrected chi connectivity index (χ0v) is 16.1. The second-order valence-corrected chi connectivity index (χ2v) is 6.52. The number of carbonyl (C=O) groups excluding carboxylic acids is 2. The van der Waals surface area contributed by atoms with Crippen LogP contribution in [0.25, 0.3) is 0 Å². The van der Waals surface area contributed by atoms with E-state index in [4.69, 9.17) is 23.2 Å². The summed E-state index contributed by atoms with van der Waals surface area (Å²) in [5, 5.41) is 3.96. The van der Waals surface area contributed by atoms with Crippen molar-refractivity contribution in [2.75, 3.05) is 6.54 Å². The Morgan fingerprint density at radius 3 is 2.46 bits per heavy atom. The molecule has 2 amide bonds. The lowest BCUT2D eigenvalue weighted by Gasteiger charge is -2.30. The van der Waals surface area contributed by atoms with E-state index in [2.05, 4.69) is 12.2 Å². The lowest BCUT2D eigenvalue weighted by molar-refractivity contribution is -0.141. The van der Waals surface area contributed by atoms with Gasteiger partial charge in [0.2, 0.25) is 11.8 Å². The van der Waals surface area contributed by atoms with Gasteiger partial charge in [0.15, 0.2) is 0 Å². The summed E-state index contributed by atoms with van der Waals surface area (Å²) in [5.74, 6) is -0.184. The first kappa shape index (κ1) is 20.8. The highest BCUT2D eigenvalue weighted by Gasteiger charge is 2.27. The molecule has 0 fully saturated rings. The van der Waals surface area contributed by atoms with Crippen LogP contribution in [0.1, 0.15) is 52.0 Å². The van der Waals surface area contributed by atoms with E-state index in [1.165, 1.54) is 0 Å². The number of carbonyl (C=O) groups is 2. The van der Waals surface area contributed by atoms with E-state index in [0.29, 0.717) is 36.0 Å². The van der Waals surface area contributed by atoms with Gasteiger partial charge >= 0.3 is 0 Å². The molecule has 24 heavy (non-hydrogen) atoms. The maximum absolute atomic E-state index is 12.5. The van der Waals surface area contributed by atoms with Crippen LogP contribution in [-0.2, 0) is 16.1 Å². The molecule has 1 aromatic rings. The van der Waals surface area contributed by atoms with Crippen molar-refractivity contribution in [2.24, 2.45) is 0 Å². The maximum atomic E-state index is 12.5. The van der Waals surface area contributed by atoms with Crippen LogP contribution in [0.3, 0.4) is 0 Å². The minimum atomic E-state index is -0.499. The van der Waals surface area contributed by atoms with Crippen LogP contribution in [0, 0.1) is 0 Å². The Morgan fingerprint density at radius 2 is 1.92 bits per heavy atom. The van der Waals surface area contributed by atoms with Crippen LogP contribution in [0.5, 0.6) is 0 Å². The summed E-state index contributed by atoms with van der Waals surface area (Å²) in [6.07, 6.45) is 2.82. The zero-order valence-electron chi connectivity index (χ0n) is 14.6. The Labute approximate surface area is 154 Å². The fourth-order valence-corrected chi connectivity index (χ4v) is 2.93. The normalized spacial score (nSPS) is 11.9. The standard InChI is InChI=1S/C18H26Cl2N2O2/c1-4-7-10-21-18(24)16(5-2)22(17(23)6-3)12-13-8-9-14(19)11-15(13)20/h8-9,11,16H,4-7,10,12H2,1-3H3,(H,21,24). The molecule has 0 aromatic heterocycles. The Kier molecular flexibility index (Phi) is 9.16. The molecule has 6 heteroatoms. The Bertz CT molecular complexity index is 564. The van der Waals surface area contributed by atoms with Crippen LogP contribution in [0.2, 0.25) is 10.0 Å². The van der Waals surface area contributed by atoms with E-state index in [0.717, 1.165) is 18.4 Å². The van der Waals surface area contributed by atoms with E-state index in [9.17, 15) is 9.59 Å². The van der Waals surface area contributed by atoms with Crippen molar-refractivity contribution in [3.8, 4) is 0 Å². The van der Waals surface area contributed by atoms with Crippen molar-refractivity contribution in [3.05, 3.63) is 33.8 Å². The Morgan fingerprint density at radius 1 is 1.21 bits per heavy atom. The predicted octanol–water partition coefficient (Wildman–Crippen LogP) is 4.43. The molecule has 0 saturated carbocycles. The van der Waals surface area contributed by atoms with Gasteiger partial charge in [-0.25, -0.2) is 0 Å². The number of amides is 2. The monoisotopic (exact) mass is 372 g/mol. The van der Waals surface area contributed by atoms with Crippen molar-refractivity contribution < 1.29 is 9.59 Å². The molecule has 1 unspecified atom stereocenters. The van der Waals surface area contributed by atoms with Gasteiger partial charge in [0.25, 0.3) is 0 Å².